The van der Waals surface area contributed by atoms with Crippen molar-refractivity contribution in [1.82, 2.24) is 4.98 Å². The summed E-state index contributed by atoms with van der Waals surface area (Å²) in [7, 11) is -3.85. The Bertz CT molecular complexity index is 651. The highest BCUT2D eigenvalue weighted by Crippen LogP contribution is 2.34. The van der Waals surface area contributed by atoms with Gasteiger partial charge >= 0.3 is 0 Å². The molecule has 0 unspecified atom stereocenters. The second kappa shape index (κ2) is 5.34. The van der Waals surface area contributed by atoms with Crippen LogP contribution in [-0.4, -0.2) is 13.4 Å². The van der Waals surface area contributed by atoms with E-state index in [1.165, 1.54) is 18.3 Å². The first-order chi connectivity index (χ1) is 8.40. The lowest BCUT2D eigenvalue weighted by Gasteiger charge is -2.09. The van der Waals surface area contributed by atoms with Gasteiger partial charge in [0.05, 0.1) is 10.0 Å². The smallest absolute Gasteiger partial charge is 0.255 e. The first-order valence-corrected chi connectivity index (χ1v) is 8.38. The van der Waals surface area contributed by atoms with Crippen molar-refractivity contribution >= 4 is 65.6 Å². The Hall–Kier alpha value is -0.340. The average molecular weight is 388 g/mol. The van der Waals surface area contributed by atoms with Gasteiger partial charge in [0, 0.05) is 16.0 Å². The Morgan fingerprint density at radius 2 is 1.89 bits per heavy atom. The standard InChI is InChI=1S/C9H5BrCl2N2O2S2/c10-5-3-6(11)8(7(12)4-5)18(15,16)14-9-13-1-2-17-9/h1-4H,(H,13,14). The Kier molecular flexibility index (Phi) is 4.18. The molecule has 0 spiro atoms. The molecule has 0 amide bonds. The molecular formula is C9H5BrCl2N2O2S2. The zero-order valence-electron chi connectivity index (χ0n) is 8.52. The van der Waals surface area contributed by atoms with E-state index >= 15 is 0 Å². The van der Waals surface area contributed by atoms with Crippen molar-refractivity contribution in [2.24, 2.45) is 0 Å². The molecule has 0 atom stereocenters. The molecule has 96 valence electrons. The quantitative estimate of drug-likeness (QED) is 0.865. The van der Waals surface area contributed by atoms with Gasteiger partial charge in [-0.1, -0.05) is 39.1 Å². The number of nitrogens with zero attached hydrogens (tertiary/aromatic N) is 1. The minimum absolute atomic E-state index is 0.0402. The molecule has 0 aliphatic rings. The Morgan fingerprint density at radius 3 is 2.39 bits per heavy atom. The highest BCUT2D eigenvalue weighted by atomic mass is 79.9. The number of halogens is 3. The summed E-state index contributed by atoms with van der Waals surface area (Å²) in [5.74, 6) is 0. The van der Waals surface area contributed by atoms with Crippen LogP contribution in [0, 0.1) is 0 Å². The number of thiazole rings is 1. The van der Waals surface area contributed by atoms with Crippen molar-refractivity contribution in [2.75, 3.05) is 4.72 Å². The molecule has 1 aromatic heterocycles. The summed E-state index contributed by atoms with van der Waals surface area (Å²) < 4.78 is 27.2. The van der Waals surface area contributed by atoms with Crippen LogP contribution in [0.5, 0.6) is 0 Å². The third-order valence-electron chi connectivity index (χ3n) is 1.89. The molecule has 1 heterocycles. The van der Waals surface area contributed by atoms with Gasteiger partial charge < -0.3 is 0 Å². The van der Waals surface area contributed by atoms with Crippen LogP contribution in [0.2, 0.25) is 10.0 Å². The fraction of sp³-hybridized carbons (Fsp3) is 0. The SMILES string of the molecule is O=S(=O)(Nc1nccs1)c1c(Cl)cc(Br)cc1Cl. The van der Waals surface area contributed by atoms with E-state index in [1.54, 1.807) is 5.38 Å². The minimum atomic E-state index is -3.85. The van der Waals surface area contributed by atoms with Gasteiger partial charge in [-0.2, -0.15) is 0 Å². The van der Waals surface area contributed by atoms with Crippen molar-refractivity contribution in [3.8, 4) is 0 Å². The molecule has 1 aromatic carbocycles. The molecule has 2 aromatic rings. The van der Waals surface area contributed by atoms with Crippen molar-refractivity contribution < 1.29 is 8.42 Å². The highest BCUT2D eigenvalue weighted by Gasteiger charge is 2.23. The predicted molar refractivity (Wildman–Crippen MR) is 77.1 cm³/mol. The molecule has 9 heteroatoms. The molecule has 0 fully saturated rings. The fourth-order valence-electron chi connectivity index (χ4n) is 1.23. The van der Waals surface area contributed by atoms with Gasteiger partial charge in [0.15, 0.2) is 5.13 Å². The van der Waals surface area contributed by atoms with Crippen LogP contribution >= 0.6 is 50.5 Å². The second-order valence-electron chi connectivity index (χ2n) is 3.14. The molecule has 1 N–H and O–H groups in total. The lowest BCUT2D eigenvalue weighted by molar-refractivity contribution is 0.601. The molecule has 0 radical (unpaired) electrons. The van der Waals surface area contributed by atoms with Crippen molar-refractivity contribution in [2.45, 2.75) is 4.90 Å². The monoisotopic (exact) mass is 386 g/mol. The molecule has 0 aliphatic heterocycles. The number of nitrogens with one attached hydrogen (secondary N) is 1. The molecular weight excluding hydrogens is 383 g/mol. The first kappa shape index (κ1) is 14.1. The molecule has 18 heavy (non-hydrogen) atoms. The van der Waals surface area contributed by atoms with Crippen LogP contribution in [0.4, 0.5) is 5.13 Å². The number of benzene rings is 1. The molecule has 0 saturated heterocycles. The Morgan fingerprint density at radius 1 is 1.28 bits per heavy atom. The fourth-order valence-corrected chi connectivity index (χ4v) is 4.95. The van der Waals surface area contributed by atoms with Gasteiger partial charge in [-0.25, -0.2) is 13.4 Å². The maximum absolute atomic E-state index is 12.1. The summed E-state index contributed by atoms with van der Waals surface area (Å²) in [6.45, 7) is 0. The van der Waals surface area contributed by atoms with E-state index in [4.69, 9.17) is 23.2 Å². The third kappa shape index (κ3) is 2.97. The lowest BCUT2D eigenvalue weighted by Crippen LogP contribution is -2.13. The summed E-state index contributed by atoms with van der Waals surface area (Å²) in [6, 6.07) is 2.92. The molecule has 0 saturated carbocycles. The number of anilines is 1. The first-order valence-electron chi connectivity index (χ1n) is 4.47. The summed E-state index contributed by atoms with van der Waals surface area (Å²) in [6.07, 6.45) is 1.49. The molecule has 4 nitrogen and oxygen atoms in total. The van der Waals surface area contributed by atoms with Crippen LogP contribution in [0.1, 0.15) is 0 Å². The summed E-state index contributed by atoms with van der Waals surface area (Å²) >= 11 is 16.2. The van der Waals surface area contributed by atoms with Gasteiger partial charge in [0.25, 0.3) is 10.0 Å². The van der Waals surface area contributed by atoms with E-state index in [0.717, 1.165) is 11.3 Å². The van der Waals surface area contributed by atoms with Crippen LogP contribution < -0.4 is 4.72 Å². The maximum Gasteiger partial charge on any atom is 0.266 e. The van der Waals surface area contributed by atoms with E-state index in [9.17, 15) is 8.42 Å². The Balaban J connectivity index is 2.48. The largest absolute Gasteiger partial charge is 0.266 e. The number of sulfonamides is 1. The molecule has 2 rings (SSSR count). The van der Waals surface area contributed by atoms with Crippen LogP contribution in [0.15, 0.2) is 33.1 Å². The van der Waals surface area contributed by atoms with Gasteiger partial charge in [0.2, 0.25) is 0 Å². The molecule has 0 aliphatic carbocycles. The number of hydrogen-bond donors (Lipinski definition) is 1. The molecule has 0 bridgehead atoms. The summed E-state index contributed by atoms with van der Waals surface area (Å²) in [4.78, 5) is 3.67. The Labute approximate surface area is 126 Å². The zero-order chi connectivity index (χ0) is 13.3. The van der Waals surface area contributed by atoms with Gasteiger partial charge in [-0.3, -0.25) is 4.72 Å². The lowest BCUT2D eigenvalue weighted by atomic mass is 10.4. The normalized spacial score (nSPS) is 11.5. The van der Waals surface area contributed by atoms with Crippen LogP contribution in [-0.2, 0) is 10.0 Å². The topological polar surface area (TPSA) is 59.1 Å². The van der Waals surface area contributed by atoms with E-state index in [1.807, 2.05) is 0 Å². The number of rotatable bonds is 3. The van der Waals surface area contributed by atoms with E-state index in [2.05, 4.69) is 25.6 Å². The van der Waals surface area contributed by atoms with Crippen molar-refractivity contribution in [3.63, 3.8) is 0 Å². The number of aromatic nitrogens is 1. The van der Waals surface area contributed by atoms with E-state index < -0.39 is 10.0 Å². The van der Waals surface area contributed by atoms with E-state index in [0.29, 0.717) is 4.47 Å². The van der Waals surface area contributed by atoms with Crippen LogP contribution in [0.25, 0.3) is 0 Å². The zero-order valence-corrected chi connectivity index (χ0v) is 13.3. The third-order valence-corrected chi connectivity index (χ3v) is 5.42. The highest BCUT2D eigenvalue weighted by molar-refractivity contribution is 9.10. The van der Waals surface area contributed by atoms with Crippen molar-refractivity contribution in [1.29, 1.82) is 0 Å². The van der Waals surface area contributed by atoms with Crippen LogP contribution in [0.3, 0.4) is 0 Å². The predicted octanol–water partition coefficient (Wildman–Crippen LogP) is 4.01. The van der Waals surface area contributed by atoms with Gasteiger partial charge in [-0.05, 0) is 12.1 Å². The van der Waals surface area contributed by atoms with E-state index in [-0.39, 0.29) is 20.1 Å². The van der Waals surface area contributed by atoms with Gasteiger partial charge in [-0.15, -0.1) is 11.3 Å². The van der Waals surface area contributed by atoms with Gasteiger partial charge in [0.1, 0.15) is 4.90 Å². The summed E-state index contributed by atoms with van der Waals surface area (Å²) in [5, 5.41) is 1.99. The minimum Gasteiger partial charge on any atom is -0.255 e. The number of hydrogen-bond acceptors (Lipinski definition) is 4. The summed E-state index contributed by atoms with van der Waals surface area (Å²) in [5.41, 5.74) is 0. The maximum atomic E-state index is 12.1. The average Bonchev–Trinajstić information content (AvgIpc) is 2.66. The van der Waals surface area contributed by atoms with Crippen molar-refractivity contribution in [3.05, 3.63) is 38.2 Å². The second-order valence-corrected chi connectivity index (χ2v) is 7.39.